The summed E-state index contributed by atoms with van der Waals surface area (Å²) in [6.07, 6.45) is 5.90. The minimum atomic E-state index is -3.39. The van der Waals surface area contributed by atoms with E-state index >= 15 is 0 Å². The molecule has 2 fully saturated rings. The lowest BCUT2D eigenvalue weighted by Gasteiger charge is -2.31. The van der Waals surface area contributed by atoms with Gasteiger partial charge in [0.1, 0.15) is 6.07 Å². The number of carbonyl (C=O) groups excluding carboxylic acids is 1. The first-order valence-electron chi connectivity index (χ1n) is 11.8. The Morgan fingerprint density at radius 2 is 1.89 bits per heavy atom. The smallest absolute Gasteiger partial charge is 0.266 e. The molecule has 1 aliphatic heterocycles. The van der Waals surface area contributed by atoms with Gasteiger partial charge in [-0.05, 0) is 56.0 Å². The number of hydrogen-bond acceptors (Lipinski definition) is 8. The fraction of sp³-hybridized carbons (Fsp3) is 0.400. The van der Waals surface area contributed by atoms with Crippen LogP contribution in [0.4, 0.5) is 11.6 Å². The molecule has 0 unspecified atom stereocenters. The number of aromatic nitrogens is 1. The Hall–Kier alpha value is -3.58. The lowest BCUT2D eigenvalue weighted by Crippen LogP contribution is -2.38. The Morgan fingerprint density at radius 1 is 1.11 bits per heavy atom. The van der Waals surface area contributed by atoms with Crippen molar-refractivity contribution in [1.82, 2.24) is 4.98 Å². The van der Waals surface area contributed by atoms with Gasteiger partial charge in [-0.25, -0.2) is 8.42 Å². The third-order valence-electron chi connectivity index (χ3n) is 6.77. The first-order chi connectivity index (χ1) is 17.0. The highest BCUT2D eigenvalue weighted by atomic mass is 32.2. The van der Waals surface area contributed by atoms with Crippen LogP contribution in [0.3, 0.4) is 0 Å². The molecule has 1 saturated heterocycles. The number of anilines is 2. The van der Waals surface area contributed by atoms with Crippen molar-refractivity contribution in [2.75, 3.05) is 23.3 Å². The van der Waals surface area contributed by atoms with Crippen molar-refractivity contribution >= 4 is 27.3 Å². The van der Waals surface area contributed by atoms with E-state index in [-0.39, 0.29) is 33.6 Å². The van der Waals surface area contributed by atoms with Crippen LogP contribution in [0.25, 0.3) is 11.7 Å². The van der Waals surface area contributed by atoms with Gasteiger partial charge < -0.3 is 19.1 Å². The van der Waals surface area contributed by atoms with Crippen molar-refractivity contribution < 1.29 is 22.0 Å². The summed E-state index contributed by atoms with van der Waals surface area (Å²) in [4.78, 5) is 19.3. The summed E-state index contributed by atoms with van der Waals surface area (Å²) in [5.74, 6) is 0.685. The molecule has 1 N–H and O–H groups in total. The van der Waals surface area contributed by atoms with Gasteiger partial charge in [-0.3, -0.25) is 4.79 Å². The van der Waals surface area contributed by atoms with Crippen LogP contribution in [-0.4, -0.2) is 37.6 Å². The monoisotopic (exact) mass is 494 g/mol. The maximum atomic E-state index is 12.9. The number of furan rings is 1. The number of nitriles is 1. The van der Waals surface area contributed by atoms with Crippen LogP contribution in [0, 0.1) is 17.2 Å². The summed E-state index contributed by atoms with van der Waals surface area (Å²) in [5, 5.41) is 12.0. The molecule has 1 saturated carbocycles. The van der Waals surface area contributed by atoms with Gasteiger partial charge in [0.15, 0.2) is 15.6 Å². The van der Waals surface area contributed by atoms with Gasteiger partial charge in [0.2, 0.25) is 17.5 Å². The quantitative estimate of drug-likeness (QED) is 0.534. The predicted molar refractivity (Wildman–Crippen MR) is 128 cm³/mol. The van der Waals surface area contributed by atoms with Crippen LogP contribution in [-0.2, 0) is 14.6 Å². The molecule has 2 aromatic heterocycles. The predicted octanol–water partition coefficient (Wildman–Crippen LogP) is 4.38. The van der Waals surface area contributed by atoms with Crippen LogP contribution in [0.2, 0.25) is 0 Å². The second kappa shape index (κ2) is 9.58. The van der Waals surface area contributed by atoms with Crippen LogP contribution >= 0.6 is 0 Å². The van der Waals surface area contributed by atoms with Crippen LogP contribution in [0.5, 0.6) is 0 Å². The van der Waals surface area contributed by atoms with Crippen molar-refractivity contribution in [2.24, 2.45) is 5.92 Å². The number of nitrogens with zero attached hydrogens (tertiary/aromatic N) is 3. The SMILES string of the molecule is N#Cc1nc(-c2ccco2)oc1N1CCC(C(=O)Nc2cccc(S(=O)(=O)C3CCCC3)c2)CC1. The van der Waals surface area contributed by atoms with E-state index in [0.717, 1.165) is 12.8 Å². The first-order valence-corrected chi connectivity index (χ1v) is 13.3. The van der Waals surface area contributed by atoms with Crippen LogP contribution < -0.4 is 10.2 Å². The highest BCUT2D eigenvalue weighted by Gasteiger charge is 2.32. The number of sulfone groups is 1. The molecule has 35 heavy (non-hydrogen) atoms. The molecule has 1 aromatic carbocycles. The Bertz CT molecular complexity index is 1340. The minimum absolute atomic E-state index is 0.144. The van der Waals surface area contributed by atoms with E-state index in [2.05, 4.69) is 16.4 Å². The number of nitrogens with one attached hydrogen (secondary N) is 1. The molecule has 3 heterocycles. The topological polar surface area (TPSA) is 129 Å². The maximum absolute atomic E-state index is 12.9. The maximum Gasteiger partial charge on any atom is 0.266 e. The van der Waals surface area contributed by atoms with E-state index in [4.69, 9.17) is 8.83 Å². The molecule has 1 aliphatic carbocycles. The van der Waals surface area contributed by atoms with Gasteiger partial charge in [-0.1, -0.05) is 18.9 Å². The summed E-state index contributed by atoms with van der Waals surface area (Å²) in [6, 6.07) is 12.0. The van der Waals surface area contributed by atoms with Gasteiger partial charge in [-0.15, -0.1) is 0 Å². The molecule has 1 amide bonds. The summed E-state index contributed by atoms with van der Waals surface area (Å²) < 4.78 is 36.9. The zero-order valence-corrected chi connectivity index (χ0v) is 20.0. The second-order valence-corrected chi connectivity index (χ2v) is 11.2. The number of rotatable bonds is 6. The van der Waals surface area contributed by atoms with Crippen molar-refractivity contribution in [1.29, 1.82) is 5.26 Å². The molecule has 2 aliphatic rings. The molecular weight excluding hydrogens is 468 g/mol. The highest BCUT2D eigenvalue weighted by Crippen LogP contribution is 2.33. The molecule has 0 spiro atoms. The van der Waals surface area contributed by atoms with Gasteiger partial charge >= 0.3 is 0 Å². The van der Waals surface area contributed by atoms with E-state index in [1.165, 1.54) is 6.26 Å². The number of benzene rings is 1. The minimum Gasteiger partial charge on any atom is -0.459 e. The van der Waals surface area contributed by atoms with Crippen molar-refractivity contribution in [3.05, 3.63) is 48.4 Å². The molecule has 0 atom stereocenters. The van der Waals surface area contributed by atoms with E-state index in [0.29, 0.717) is 56.1 Å². The number of hydrogen-bond donors (Lipinski definition) is 1. The highest BCUT2D eigenvalue weighted by molar-refractivity contribution is 7.92. The zero-order chi connectivity index (χ0) is 24.4. The molecule has 9 nitrogen and oxygen atoms in total. The first kappa shape index (κ1) is 23.2. The fourth-order valence-electron chi connectivity index (χ4n) is 4.84. The average molecular weight is 495 g/mol. The molecule has 3 aromatic rings. The van der Waals surface area contributed by atoms with Crippen LogP contribution in [0.15, 0.2) is 56.4 Å². The van der Waals surface area contributed by atoms with Gasteiger partial charge in [-0.2, -0.15) is 10.2 Å². The largest absolute Gasteiger partial charge is 0.459 e. The fourth-order valence-corrected chi connectivity index (χ4v) is 6.73. The van der Waals surface area contributed by atoms with E-state index in [1.54, 1.807) is 36.4 Å². The van der Waals surface area contributed by atoms with Gasteiger partial charge in [0.25, 0.3) is 5.89 Å². The summed E-state index contributed by atoms with van der Waals surface area (Å²) in [7, 11) is -3.39. The molecule has 0 bridgehead atoms. The Labute approximate surface area is 203 Å². The normalized spacial score (nSPS) is 17.4. The van der Waals surface area contributed by atoms with E-state index < -0.39 is 9.84 Å². The summed E-state index contributed by atoms with van der Waals surface area (Å²) in [6.45, 7) is 1.05. The summed E-state index contributed by atoms with van der Waals surface area (Å²) >= 11 is 0. The van der Waals surface area contributed by atoms with Crippen molar-refractivity contribution in [3.8, 4) is 17.7 Å². The number of oxazole rings is 1. The van der Waals surface area contributed by atoms with Gasteiger partial charge in [0.05, 0.1) is 16.4 Å². The number of amides is 1. The number of piperidine rings is 1. The van der Waals surface area contributed by atoms with Crippen molar-refractivity contribution in [2.45, 2.75) is 48.7 Å². The molecule has 10 heteroatoms. The summed E-state index contributed by atoms with van der Waals surface area (Å²) in [5.41, 5.74) is 0.668. The zero-order valence-electron chi connectivity index (χ0n) is 19.1. The van der Waals surface area contributed by atoms with Gasteiger partial charge in [0, 0.05) is 24.7 Å². The van der Waals surface area contributed by atoms with E-state index in [1.807, 2.05) is 4.90 Å². The Kier molecular flexibility index (Phi) is 6.34. The molecule has 0 radical (unpaired) electrons. The third-order valence-corrected chi connectivity index (χ3v) is 9.03. The lowest BCUT2D eigenvalue weighted by atomic mass is 9.96. The molecule has 5 rings (SSSR count). The third kappa shape index (κ3) is 4.68. The standard InChI is InChI=1S/C25H26N4O5S/c26-16-21-25(34-24(28-21)22-9-4-14-33-22)29-12-10-17(11-13-29)23(30)27-18-5-3-8-20(15-18)35(31,32)19-6-1-2-7-19/h3-5,8-9,14-15,17,19H,1-2,6-7,10-13H2,(H,27,30). The van der Waals surface area contributed by atoms with Crippen LogP contribution in [0.1, 0.15) is 44.2 Å². The lowest BCUT2D eigenvalue weighted by molar-refractivity contribution is -0.120. The Balaban J connectivity index is 1.22. The average Bonchev–Trinajstić information content (AvgIpc) is 3.66. The molecular formula is C25H26N4O5S. The number of carbonyl (C=O) groups is 1. The Morgan fingerprint density at radius 3 is 2.57 bits per heavy atom. The van der Waals surface area contributed by atoms with E-state index in [9.17, 15) is 18.5 Å². The second-order valence-electron chi connectivity index (χ2n) is 8.99. The van der Waals surface area contributed by atoms with Crippen molar-refractivity contribution in [3.63, 3.8) is 0 Å². The molecule has 182 valence electrons.